The largest absolute Gasteiger partial charge is 0.385 e. The Morgan fingerprint density at radius 1 is 1.30 bits per heavy atom. The molecule has 0 bridgehead atoms. The lowest BCUT2D eigenvalue weighted by Crippen LogP contribution is -2.16. The van der Waals surface area contributed by atoms with Crippen LogP contribution in [0.2, 0.25) is 0 Å². The third kappa shape index (κ3) is 2.48. The van der Waals surface area contributed by atoms with Gasteiger partial charge in [0.25, 0.3) is 10.0 Å². The van der Waals surface area contributed by atoms with E-state index in [1.807, 2.05) is 6.92 Å². The van der Waals surface area contributed by atoms with Crippen LogP contribution in [0.4, 0.5) is 0 Å². The maximum Gasteiger partial charge on any atom is 0.268 e. The van der Waals surface area contributed by atoms with Crippen LogP contribution in [0.3, 0.4) is 0 Å². The van der Waals surface area contributed by atoms with E-state index in [4.69, 9.17) is 5.53 Å². The minimum atomic E-state index is -3.71. The van der Waals surface area contributed by atoms with E-state index in [2.05, 4.69) is 17.2 Å². The normalized spacial score (nSPS) is 11.1. The maximum absolute atomic E-state index is 12.5. The molecule has 0 aliphatic rings. The van der Waals surface area contributed by atoms with Gasteiger partial charge in [-0.15, -0.1) is 0 Å². The molecule has 6 nitrogen and oxygen atoms in total. The summed E-state index contributed by atoms with van der Waals surface area (Å²) in [5.74, 6) is 0. The summed E-state index contributed by atoms with van der Waals surface area (Å²) in [5.41, 5.74) is 12.1. The van der Waals surface area contributed by atoms with Gasteiger partial charge in [0.05, 0.1) is 10.6 Å². The molecule has 0 unspecified atom stereocenters. The number of nitrogens with zero attached hydrogens (tertiary/aromatic N) is 3. The minimum absolute atomic E-state index is 0.174. The highest BCUT2D eigenvalue weighted by atomic mass is 32.2. The van der Waals surface area contributed by atoms with Gasteiger partial charge in [0.15, 0.2) is 0 Å². The molecule has 0 amide bonds. The molecule has 0 aliphatic carbocycles. The van der Waals surface area contributed by atoms with Crippen LogP contribution < -0.4 is 5.43 Å². The van der Waals surface area contributed by atoms with Crippen molar-refractivity contribution in [2.24, 2.45) is 5.22 Å². The molecule has 1 N–H and O–H groups in total. The molecule has 104 valence electrons. The second-order valence-electron chi connectivity index (χ2n) is 4.20. The standard InChI is InChI=1S/C13H13N4O2S/c1-10-5-7-12(8-6-10)20(18,19)17-9-3-4-13(17)11(2)15-16-14/h3-9H,2H2,1H3,(H-,14,15)/q-1. The summed E-state index contributed by atoms with van der Waals surface area (Å²) in [4.78, 5) is 0.175. The second kappa shape index (κ2) is 5.30. The summed E-state index contributed by atoms with van der Waals surface area (Å²) in [7, 11) is -3.71. The SMILES string of the molecule is C=C(NN=[N-])c1cccn1S(=O)(=O)c1ccc(C)cc1. The smallest absolute Gasteiger partial charge is 0.268 e. The summed E-state index contributed by atoms with van der Waals surface area (Å²) in [6, 6.07) is 9.68. The van der Waals surface area contributed by atoms with Crippen LogP contribution in [-0.2, 0) is 10.0 Å². The first kappa shape index (κ1) is 14.0. The lowest BCUT2D eigenvalue weighted by atomic mass is 10.2. The zero-order valence-electron chi connectivity index (χ0n) is 10.8. The van der Waals surface area contributed by atoms with Crippen LogP contribution in [0, 0.1) is 6.92 Å². The molecule has 2 rings (SSSR count). The third-order valence-corrected chi connectivity index (χ3v) is 4.49. The first-order chi connectivity index (χ1) is 9.46. The van der Waals surface area contributed by atoms with Gasteiger partial charge in [0.1, 0.15) is 0 Å². The Hall–Kier alpha value is -2.41. The number of nitrogens with one attached hydrogen (secondary N) is 1. The average Bonchev–Trinajstić information content (AvgIpc) is 2.89. The van der Waals surface area contributed by atoms with Gasteiger partial charge in [0.2, 0.25) is 0 Å². The second-order valence-corrected chi connectivity index (χ2v) is 6.01. The van der Waals surface area contributed by atoms with Crippen molar-refractivity contribution in [3.63, 3.8) is 0 Å². The van der Waals surface area contributed by atoms with Crippen molar-refractivity contribution < 1.29 is 8.42 Å². The van der Waals surface area contributed by atoms with E-state index in [0.717, 1.165) is 9.54 Å². The summed E-state index contributed by atoms with van der Waals surface area (Å²) in [6.07, 6.45) is 1.41. The van der Waals surface area contributed by atoms with Gasteiger partial charge in [-0.3, -0.25) is 5.22 Å². The summed E-state index contributed by atoms with van der Waals surface area (Å²) in [5, 5.41) is 2.74. The van der Waals surface area contributed by atoms with Crippen molar-refractivity contribution in [2.45, 2.75) is 11.8 Å². The molecule has 1 aromatic heterocycles. The Bertz CT molecular complexity index is 745. The van der Waals surface area contributed by atoms with Gasteiger partial charge < -0.3 is 11.0 Å². The molecule has 0 radical (unpaired) electrons. The van der Waals surface area contributed by atoms with E-state index in [0.29, 0.717) is 5.69 Å². The number of hydrogen-bond donors (Lipinski definition) is 1. The molecule has 0 saturated carbocycles. The molecular formula is C13H13N4O2S-. The Labute approximate surface area is 117 Å². The zero-order valence-corrected chi connectivity index (χ0v) is 11.6. The van der Waals surface area contributed by atoms with Crippen molar-refractivity contribution in [1.82, 2.24) is 9.40 Å². The number of aryl methyl sites for hydroxylation is 1. The van der Waals surface area contributed by atoms with Gasteiger partial charge in [0, 0.05) is 6.20 Å². The fraction of sp³-hybridized carbons (Fsp3) is 0.0769. The van der Waals surface area contributed by atoms with Crippen LogP contribution >= 0.6 is 0 Å². The number of rotatable bonds is 5. The Kier molecular flexibility index (Phi) is 3.71. The van der Waals surface area contributed by atoms with Gasteiger partial charge in [-0.2, -0.15) is 0 Å². The molecular weight excluding hydrogens is 276 g/mol. The minimum Gasteiger partial charge on any atom is -0.385 e. The van der Waals surface area contributed by atoms with E-state index in [9.17, 15) is 8.42 Å². The van der Waals surface area contributed by atoms with Crippen molar-refractivity contribution in [2.75, 3.05) is 0 Å². The van der Waals surface area contributed by atoms with E-state index in [1.165, 1.54) is 6.20 Å². The molecule has 1 aromatic carbocycles. The Morgan fingerprint density at radius 3 is 2.55 bits per heavy atom. The molecule has 0 fully saturated rings. The molecule has 0 spiro atoms. The third-order valence-electron chi connectivity index (χ3n) is 2.78. The Balaban J connectivity index is 2.50. The Morgan fingerprint density at radius 2 is 1.95 bits per heavy atom. The number of benzene rings is 1. The lowest BCUT2D eigenvalue weighted by Gasteiger charge is -2.14. The van der Waals surface area contributed by atoms with Gasteiger partial charge in [-0.05, 0) is 36.9 Å². The predicted molar refractivity (Wildman–Crippen MR) is 76.2 cm³/mol. The fourth-order valence-corrected chi connectivity index (χ4v) is 3.12. The van der Waals surface area contributed by atoms with Crippen LogP contribution in [0.1, 0.15) is 11.3 Å². The van der Waals surface area contributed by atoms with E-state index in [1.54, 1.807) is 36.4 Å². The average molecular weight is 289 g/mol. The maximum atomic E-state index is 12.5. The first-order valence-corrected chi connectivity index (χ1v) is 7.20. The highest BCUT2D eigenvalue weighted by molar-refractivity contribution is 7.90. The van der Waals surface area contributed by atoms with E-state index >= 15 is 0 Å². The van der Waals surface area contributed by atoms with Crippen molar-refractivity contribution in [3.8, 4) is 0 Å². The van der Waals surface area contributed by atoms with Crippen LogP contribution in [0.5, 0.6) is 0 Å². The number of hydrogen-bond acceptors (Lipinski definition) is 3. The molecule has 0 atom stereocenters. The highest BCUT2D eigenvalue weighted by Gasteiger charge is 2.19. The summed E-state index contributed by atoms with van der Waals surface area (Å²) < 4.78 is 26.2. The molecule has 7 heteroatoms. The lowest BCUT2D eigenvalue weighted by molar-refractivity contribution is 0.587. The first-order valence-electron chi connectivity index (χ1n) is 5.76. The van der Waals surface area contributed by atoms with Gasteiger partial charge in [-0.1, -0.05) is 24.3 Å². The van der Waals surface area contributed by atoms with Crippen LogP contribution in [0.15, 0.2) is 59.3 Å². The van der Waals surface area contributed by atoms with Crippen LogP contribution in [-0.4, -0.2) is 12.4 Å². The zero-order chi connectivity index (χ0) is 14.8. The molecule has 20 heavy (non-hydrogen) atoms. The van der Waals surface area contributed by atoms with Crippen molar-refractivity contribution >= 4 is 15.7 Å². The molecule has 0 aliphatic heterocycles. The predicted octanol–water partition coefficient (Wildman–Crippen LogP) is 2.53. The summed E-state index contributed by atoms with van der Waals surface area (Å²) in [6.45, 7) is 5.50. The van der Waals surface area contributed by atoms with Crippen molar-refractivity contribution in [1.29, 1.82) is 0 Å². The number of aromatic nitrogens is 1. The summed E-state index contributed by atoms with van der Waals surface area (Å²) >= 11 is 0. The fourth-order valence-electron chi connectivity index (χ4n) is 1.75. The monoisotopic (exact) mass is 289 g/mol. The van der Waals surface area contributed by atoms with E-state index < -0.39 is 10.0 Å². The molecule has 1 heterocycles. The van der Waals surface area contributed by atoms with E-state index in [-0.39, 0.29) is 10.6 Å². The van der Waals surface area contributed by atoms with Crippen molar-refractivity contribution in [3.05, 3.63) is 66.0 Å². The van der Waals surface area contributed by atoms with Gasteiger partial charge in [-0.25, -0.2) is 12.4 Å². The topological polar surface area (TPSA) is 85.8 Å². The quantitative estimate of drug-likeness (QED) is 0.678. The van der Waals surface area contributed by atoms with Crippen LogP contribution in [0.25, 0.3) is 11.2 Å². The molecule has 2 aromatic rings. The highest BCUT2D eigenvalue weighted by Crippen LogP contribution is 2.20. The molecule has 0 saturated heterocycles. The van der Waals surface area contributed by atoms with Gasteiger partial charge >= 0.3 is 0 Å².